The van der Waals surface area contributed by atoms with Crippen molar-refractivity contribution in [1.29, 1.82) is 0 Å². The van der Waals surface area contributed by atoms with Gasteiger partial charge in [-0.25, -0.2) is 8.42 Å². The normalized spacial score (nSPS) is 15.6. The molecule has 1 aromatic carbocycles. The first-order valence-electron chi connectivity index (χ1n) is 8.85. The molecule has 0 amide bonds. The molecular weight excluding hydrogens is 427 g/mol. The second-order valence-corrected chi connectivity index (χ2v) is 8.33. The number of halogens is 3. The topological polar surface area (TPSA) is 101 Å². The number of benzene rings is 1. The van der Waals surface area contributed by atoms with E-state index in [-0.39, 0.29) is 30.2 Å². The minimum atomic E-state index is -4.85. The molecule has 2 aromatic rings. The van der Waals surface area contributed by atoms with Crippen LogP contribution in [0.2, 0.25) is 0 Å². The van der Waals surface area contributed by atoms with Gasteiger partial charge in [0.05, 0.1) is 16.3 Å². The van der Waals surface area contributed by atoms with Gasteiger partial charge in [0.25, 0.3) is 0 Å². The number of ether oxygens (including phenoxy) is 1. The molecule has 0 spiro atoms. The molecule has 0 aliphatic carbocycles. The van der Waals surface area contributed by atoms with Crippen LogP contribution in [-0.2, 0) is 21.5 Å². The number of H-pyrrole nitrogens is 1. The Labute approximate surface area is 170 Å². The van der Waals surface area contributed by atoms with Gasteiger partial charge in [0.1, 0.15) is 5.75 Å². The third kappa shape index (κ3) is 5.83. The molecule has 30 heavy (non-hydrogen) atoms. The van der Waals surface area contributed by atoms with E-state index in [1.54, 1.807) is 12.1 Å². The Balaban J connectivity index is 1.56. The molecule has 0 radical (unpaired) electrons. The summed E-state index contributed by atoms with van der Waals surface area (Å²) < 4.78 is 67.0. The van der Waals surface area contributed by atoms with Gasteiger partial charge < -0.3 is 14.6 Å². The average molecular weight is 445 g/mol. The van der Waals surface area contributed by atoms with Crippen molar-refractivity contribution in [2.45, 2.75) is 30.7 Å². The highest BCUT2D eigenvalue weighted by Crippen LogP contribution is 2.26. The second-order valence-electron chi connectivity index (χ2n) is 6.39. The highest BCUT2D eigenvalue weighted by atomic mass is 32.2. The number of oxime groups is 1. The fourth-order valence-corrected chi connectivity index (χ4v) is 4.25. The summed E-state index contributed by atoms with van der Waals surface area (Å²) in [5, 5.41) is 3.99. The summed E-state index contributed by atoms with van der Waals surface area (Å²) >= 11 is 0. The van der Waals surface area contributed by atoms with Gasteiger partial charge >= 0.3 is 6.36 Å². The number of nitrogens with one attached hydrogen (secondary N) is 1. The van der Waals surface area contributed by atoms with Crippen LogP contribution in [0.3, 0.4) is 0 Å². The standard InChI is InChI=1S/C18H18F3N3O5S/c19-18(20,21)29-15-4-6-16(7-5-15)30(26,27)24-10-8-13(9-11-24)23-28-12-14-2-1-3-17(25)22-14/h1-7H,8-12H2,(H,22,25). The van der Waals surface area contributed by atoms with E-state index < -0.39 is 22.1 Å². The Morgan fingerprint density at radius 2 is 1.73 bits per heavy atom. The van der Waals surface area contributed by atoms with Crippen molar-refractivity contribution in [3.8, 4) is 5.75 Å². The molecule has 0 bridgehead atoms. The molecule has 3 rings (SSSR count). The zero-order valence-electron chi connectivity index (χ0n) is 15.6. The molecule has 0 unspecified atom stereocenters. The van der Waals surface area contributed by atoms with Crippen molar-refractivity contribution in [3.63, 3.8) is 0 Å². The number of alkyl halides is 3. The molecule has 2 heterocycles. The Morgan fingerprint density at radius 3 is 2.33 bits per heavy atom. The SMILES string of the molecule is O=c1cccc(CON=C2CCN(S(=O)(=O)c3ccc(OC(F)(F)F)cc3)CC2)[nH]1. The number of sulfonamides is 1. The lowest BCUT2D eigenvalue weighted by Crippen LogP contribution is -2.38. The first-order chi connectivity index (χ1) is 14.1. The number of piperidine rings is 1. The van der Waals surface area contributed by atoms with Gasteiger partial charge in [-0.05, 0) is 30.3 Å². The highest BCUT2D eigenvalue weighted by molar-refractivity contribution is 7.89. The molecule has 1 aliphatic rings. The number of nitrogens with zero attached hydrogens (tertiary/aromatic N) is 2. The van der Waals surface area contributed by atoms with Crippen LogP contribution in [0.5, 0.6) is 5.75 Å². The lowest BCUT2D eigenvalue weighted by atomic mass is 10.1. The Morgan fingerprint density at radius 1 is 1.07 bits per heavy atom. The summed E-state index contributed by atoms with van der Waals surface area (Å²) in [6, 6.07) is 8.71. The van der Waals surface area contributed by atoms with E-state index >= 15 is 0 Å². The third-order valence-corrected chi connectivity index (χ3v) is 6.15. The van der Waals surface area contributed by atoms with E-state index in [0.717, 1.165) is 24.3 Å². The Hall–Kier alpha value is -2.86. The molecule has 0 saturated carbocycles. The van der Waals surface area contributed by atoms with Crippen LogP contribution in [0, 0.1) is 0 Å². The summed E-state index contributed by atoms with van der Waals surface area (Å²) in [6.07, 6.45) is -4.15. The van der Waals surface area contributed by atoms with Gasteiger partial charge in [0, 0.05) is 32.0 Å². The number of hydrogen-bond acceptors (Lipinski definition) is 6. The summed E-state index contributed by atoms with van der Waals surface area (Å²) in [5.41, 5.74) is 0.985. The first kappa shape index (κ1) is 21.8. The summed E-state index contributed by atoms with van der Waals surface area (Å²) in [6.45, 7) is 0.398. The van der Waals surface area contributed by atoms with Crippen LogP contribution >= 0.6 is 0 Å². The fourth-order valence-electron chi connectivity index (χ4n) is 2.81. The van der Waals surface area contributed by atoms with Crippen molar-refractivity contribution in [2.24, 2.45) is 5.16 Å². The van der Waals surface area contributed by atoms with Crippen molar-refractivity contribution in [3.05, 3.63) is 58.5 Å². The van der Waals surface area contributed by atoms with Crippen LogP contribution in [-0.4, -0.2) is 42.9 Å². The molecular formula is C18H18F3N3O5S. The lowest BCUT2D eigenvalue weighted by Gasteiger charge is -2.26. The van der Waals surface area contributed by atoms with E-state index in [9.17, 15) is 26.4 Å². The minimum absolute atomic E-state index is 0.0773. The maximum absolute atomic E-state index is 12.7. The van der Waals surface area contributed by atoms with Crippen LogP contribution in [0.4, 0.5) is 13.2 Å². The predicted molar refractivity (Wildman–Crippen MR) is 100 cm³/mol. The van der Waals surface area contributed by atoms with Gasteiger partial charge in [-0.15, -0.1) is 13.2 Å². The average Bonchev–Trinajstić information content (AvgIpc) is 2.68. The molecule has 12 heteroatoms. The van der Waals surface area contributed by atoms with Crippen LogP contribution in [0.15, 0.2) is 57.3 Å². The molecule has 1 aliphatic heterocycles. The van der Waals surface area contributed by atoms with Crippen LogP contribution in [0.1, 0.15) is 18.5 Å². The molecule has 1 aromatic heterocycles. The number of hydrogen-bond donors (Lipinski definition) is 1. The number of aromatic nitrogens is 1. The quantitative estimate of drug-likeness (QED) is 0.689. The van der Waals surface area contributed by atoms with Gasteiger partial charge in [-0.3, -0.25) is 4.79 Å². The van der Waals surface area contributed by atoms with Crippen molar-refractivity contribution >= 4 is 15.7 Å². The summed E-state index contributed by atoms with van der Waals surface area (Å²) in [5.74, 6) is -0.494. The Bertz CT molecular complexity index is 1060. The van der Waals surface area contributed by atoms with E-state index in [1.807, 2.05) is 0 Å². The Kier molecular flexibility index (Phi) is 6.46. The van der Waals surface area contributed by atoms with Gasteiger partial charge in [-0.1, -0.05) is 11.2 Å². The smallest absolute Gasteiger partial charge is 0.406 e. The van der Waals surface area contributed by atoms with Crippen LogP contribution < -0.4 is 10.3 Å². The largest absolute Gasteiger partial charge is 0.573 e. The van der Waals surface area contributed by atoms with E-state index in [1.165, 1.54) is 10.4 Å². The zero-order chi connectivity index (χ0) is 21.8. The first-order valence-corrected chi connectivity index (χ1v) is 10.3. The molecule has 1 saturated heterocycles. The van der Waals surface area contributed by atoms with Crippen molar-refractivity contribution in [2.75, 3.05) is 13.1 Å². The molecule has 1 fully saturated rings. The maximum Gasteiger partial charge on any atom is 0.573 e. The van der Waals surface area contributed by atoms with Crippen molar-refractivity contribution in [1.82, 2.24) is 9.29 Å². The maximum atomic E-state index is 12.7. The molecule has 162 valence electrons. The predicted octanol–water partition coefficient (Wildman–Crippen LogP) is 2.63. The number of aromatic amines is 1. The molecule has 0 atom stereocenters. The molecule has 8 nitrogen and oxygen atoms in total. The summed E-state index contributed by atoms with van der Waals surface area (Å²) in [7, 11) is -3.85. The number of pyridine rings is 1. The lowest BCUT2D eigenvalue weighted by molar-refractivity contribution is -0.274. The van der Waals surface area contributed by atoms with Gasteiger partial charge in [0.2, 0.25) is 15.6 Å². The van der Waals surface area contributed by atoms with Gasteiger partial charge in [0.15, 0.2) is 6.61 Å². The minimum Gasteiger partial charge on any atom is -0.406 e. The highest BCUT2D eigenvalue weighted by Gasteiger charge is 2.32. The monoisotopic (exact) mass is 445 g/mol. The van der Waals surface area contributed by atoms with E-state index in [4.69, 9.17) is 4.84 Å². The second kappa shape index (κ2) is 8.88. The van der Waals surface area contributed by atoms with Crippen LogP contribution in [0.25, 0.3) is 0 Å². The number of rotatable bonds is 6. The fraction of sp³-hybridized carbons (Fsp3) is 0.333. The van der Waals surface area contributed by atoms with Gasteiger partial charge in [-0.2, -0.15) is 4.31 Å². The van der Waals surface area contributed by atoms with E-state index in [0.29, 0.717) is 24.2 Å². The van der Waals surface area contributed by atoms with Crippen molar-refractivity contribution < 1.29 is 31.2 Å². The third-order valence-electron chi connectivity index (χ3n) is 4.24. The molecule has 1 N–H and O–H groups in total. The zero-order valence-corrected chi connectivity index (χ0v) is 16.4. The summed E-state index contributed by atoms with van der Waals surface area (Å²) in [4.78, 5) is 18.9. The van der Waals surface area contributed by atoms with E-state index in [2.05, 4.69) is 14.9 Å².